The van der Waals surface area contributed by atoms with Crippen molar-refractivity contribution in [3.8, 4) is 16.9 Å². The molecule has 0 saturated heterocycles. The molecule has 0 unspecified atom stereocenters. The number of methoxy groups -OCH3 is 1. The average Bonchev–Trinajstić information content (AvgIpc) is 2.38. The molecule has 0 fully saturated rings. The van der Waals surface area contributed by atoms with Crippen LogP contribution < -0.4 is 4.74 Å². The van der Waals surface area contributed by atoms with E-state index in [1.54, 1.807) is 12.1 Å². The van der Waals surface area contributed by atoms with Gasteiger partial charge in [-0.15, -0.1) is 0 Å². The van der Waals surface area contributed by atoms with Gasteiger partial charge in [0.1, 0.15) is 11.6 Å². The summed E-state index contributed by atoms with van der Waals surface area (Å²) in [4.78, 5) is 0. The van der Waals surface area contributed by atoms with Gasteiger partial charge in [-0.2, -0.15) is 13.2 Å². The number of alkyl halides is 3. The fourth-order valence-electron chi connectivity index (χ4n) is 1.83. The Bertz CT molecular complexity index is 638. The van der Waals surface area contributed by atoms with Crippen LogP contribution >= 0.6 is 15.9 Å². The summed E-state index contributed by atoms with van der Waals surface area (Å²) in [6, 6.07) is 7.20. The van der Waals surface area contributed by atoms with Gasteiger partial charge in [0.15, 0.2) is 0 Å². The molecule has 0 N–H and O–H groups in total. The summed E-state index contributed by atoms with van der Waals surface area (Å²) in [6.07, 6.45) is -4.63. The third-order valence-corrected chi connectivity index (χ3v) is 3.41. The minimum atomic E-state index is -4.63. The fraction of sp³-hybridized carbons (Fsp3) is 0.143. The van der Waals surface area contributed by atoms with Gasteiger partial charge >= 0.3 is 6.18 Å². The number of hydrogen-bond acceptors (Lipinski definition) is 1. The summed E-state index contributed by atoms with van der Waals surface area (Å²) in [5.41, 5.74) is -0.782. The molecule has 0 saturated carbocycles. The minimum Gasteiger partial charge on any atom is -0.497 e. The zero-order valence-electron chi connectivity index (χ0n) is 10.3. The van der Waals surface area contributed by atoms with Gasteiger partial charge in [-0.3, -0.25) is 0 Å². The Labute approximate surface area is 121 Å². The highest BCUT2D eigenvalue weighted by Gasteiger charge is 2.34. The Morgan fingerprint density at radius 2 is 1.65 bits per heavy atom. The van der Waals surface area contributed by atoms with Gasteiger partial charge in [-0.05, 0) is 41.5 Å². The van der Waals surface area contributed by atoms with E-state index in [9.17, 15) is 17.6 Å². The molecule has 20 heavy (non-hydrogen) atoms. The van der Waals surface area contributed by atoms with E-state index >= 15 is 0 Å². The smallest absolute Gasteiger partial charge is 0.417 e. The van der Waals surface area contributed by atoms with E-state index in [-0.39, 0.29) is 5.56 Å². The molecule has 0 aliphatic rings. The summed E-state index contributed by atoms with van der Waals surface area (Å²) in [5, 5.41) is 0. The number of benzene rings is 2. The topological polar surface area (TPSA) is 9.23 Å². The van der Waals surface area contributed by atoms with Crippen molar-refractivity contribution < 1.29 is 22.3 Å². The number of ether oxygens (including phenoxy) is 1. The molecule has 0 aromatic heterocycles. The van der Waals surface area contributed by atoms with Gasteiger partial charge in [0.2, 0.25) is 0 Å². The number of rotatable bonds is 2. The van der Waals surface area contributed by atoms with E-state index in [0.717, 1.165) is 12.1 Å². The Hall–Kier alpha value is -1.56. The molecule has 0 bridgehead atoms. The molecule has 2 aromatic carbocycles. The van der Waals surface area contributed by atoms with Gasteiger partial charge in [-0.25, -0.2) is 4.39 Å². The first kappa shape index (κ1) is 14.8. The lowest BCUT2D eigenvalue weighted by Crippen LogP contribution is -2.08. The third-order valence-electron chi connectivity index (χ3n) is 2.75. The zero-order chi connectivity index (χ0) is 14.9. The minimum absolute atomic E-state index is 0.0894. The van der Waals surface area contributed by atoms with Crippen LogP contribution in [0.4, 0.5) is 17.6 Å². The predicted molar refractivity (Wildman–Crippen MR) is 71.1 cm³/mol. The van der Waals surface area contributed by atoms with Crippen molar-refractivity contribution in [3.05, 3.63) is 52.3 Å². The SMILES string of the molecule is COc1ccc(-c2ccc(F)cc2C(F)(F)F)c(Br)c1. The fourth-order valence-corrected chi connectivity index (χ4v) is 2.40. The van der Waals surface area contributed by atoms with Crippen LogP contribution in [0.1, 0.15) is 5.56 Å². The molecule has 2 rings (SSSR count). The molecule has 0 heterocycles. The maximum absolute atomic E-state index is 13.1. The van der Waals surface area contributed by atoms with Crippen molar-refractivity contribution in [3.63, 3.8) is 0 Å². The quantitative estimate of drug-likeness (QED) is 0.670. The van der Waals surface area contributed by atoms with Crippen LogP contribution in [0, 0.1) is 5.82 Å². The molecular formula is C14H9BrF4O. The normalized spacial score (nSPS) is 11.5. The van der Waals surface area contributed by atoms with E-state index in [4.69, 9.17) is 4.74 Å². The lowest BCUT2D eigenvalue weighted by molar-refractivity contribution is -0.137. The molecule has 0 atom stereocenters. The van der Waals surface area contributed by atoms with E-state index < -0.39 is 17.6 Å². The first-order chi connectivity index (χ1) is 9.32. The van der Waals surface area contributed by atoms with Gasteiger partial charge in [0.25, 0.3) is 0 Å². The molecule has 6 heteroatoms. The maximum Gasteiger partial charge on any atom is 0.417 e. The summed E-state index contributed by atoms with van der Waals surface area (Å²) >= 11 is 3.20. The first-order valence-corrected chi connectivity index (χ1v) is 6.33. The van der Waals surface area contributed by atoms with Crippen molar-refractivity contribution in [2.24, 2.45) is 0 Å². The van der Waals surface area contributed by atoms with Gasteiger partial charge in [0, 0.05) is 4.47 Å². The second-order valence-electron chi connectivity index (χ2n) is 4.03. The Balaban J connectivity index is 2.64. The monoisotopic (exact) mass is 348 g/mol. The van der Waals surface area contributed by atoms with Crippen molar-refractivity contribution in [1.82, 2.24) is 0 Å². The molecule has 0 amide bonds. The molecule has 0 spiro atoms. The summed E-state index contributed by atoms with van der Waals surface area (Å²) in [5.74, 6) is -0.415. The van der Waals surface area contributed by atoms with Crippen LogP contribution in [0.5, 0.6) is 5.75 Å². The Morgan fingerprint density at radius 1 is 1.00 bits per heavy atom. The second kappa shape index (κ2) is 5.44. The Morgan fingerprint density at radius 3 is 2.20 bits per heavy atom. The standard InChI is InChI=1S/C14H9BrF4O/c1-20-9-3-5-11(13(15)7-9)10-4-2-8(16)6-12(10)14(17,18)19/h2-7H,1H3. The van der Waals surface area contributed by atoms with E-state index in [1.165, 1.54) is 13.2 Å². The molecule has 106 valence electrons. The maximum atomic E-state index is 13.1. The molecule has 0 radical (unpaired) electrons. The van der Waals surface area contributed by atoms with Crippen molar-refractivity contribution in [2.75, 3.05) is 7.11 Å². The average molecular weight is 349 g/mol. The largest absolute Gasteiger partial charge is 0.497 e. The van der Waals surface area contributed by atoms with Crippen molar-refractivity contribution in [2.45, 2.75) is 6.18 Å². The van der Waals surface area contributed by atoms with Crippen LogP contribution in [0.15, 0.2) is 40.9 Å². The van der Waals surface area contributed by atoms with Crippen LogP contribution in [0.25, 0.3) is 11.1 Å². The highest BCUT2D eigenvalue weighted by atomic mass is 79.9. The van der Waals surface area contributed by atoms with Crippen LogP contribution in [-0.4, -0.2) is 7.11 Å². The predicted octanol–water partition coefficient (Wildman–Crippen LogP) is 5.28. The molecule has 0 aliphatic heterocycles. The zero-order valence-corrected chi connectivity index (χ0v) is 11.8. The Kier molecular flexibility index (Phi) is 4.04. The van der Waals surface area contributed by atoms with Gasteiger partial charge < -0.3 is 4.74 Å². The van der Waals surface area contributed by atoms with Gasteiger partial charge in [0.05, 0.1) is 12.7 Å². The molecule has 2 aromatic rings. The highest BCUT2D eigenvalue weighted by molar-refractivity contribution is 9.10. The number of hydrogen-bond donors (Lipinski definition) is 0. The van der Waals surface area contributed by atoms with E-state index in [1.807, 2.05) is 0 Å². The van der Waals surface area contributed by atoms with Gasteiger partial charge in [-0.1, -0.05) is 22.0 Å². The number of halogens is 5. The summed E-state index contributed by atoms with van der Waals surface area (Å²) in [7, 11) is 1.46. The molecular weight excluding hydrogens is 340 g/mol. The molecule has 1 nitrogen and oxygen atoms in total. The highest BCUT2D eigenvalue weighted by Crippen LogP contribution is 2.40. The second-order valence-corrected chi connectivity index (χ2v) is 4.89. The van der Waals surface area contributed by atoms with Crippen LogP contribution in [0.2, 0.25) is 0 Å². The third kappa shape index (κ3) is 2.95. The molecule has 0 aliphatic carbocycles. The lowest BCUT2D eigenvalue weighted by atomic mass is 9.99. The summed E-state index contributed by atoms with van der Waals surface area (Å²) in [6.45, 7) is 0. The lowest BCUT2D eigenvalue weighted by Gasteiger charge is -2.14. The first-order valence-electron chi connectivity index (χ1n) is 5.53. The van der Waals surface area contributed by atoms with Crippen LogP contribution in [-0.2, 0) is 6.18 Å². The van der Waals surface area contributed by atoms with E-state index in [2.05, 4.69) is 15.9 Å². The van der Waals surface area contributed by atoms with Crippen molar-refractivity contribution in [1.29, 1.82) is 0 Å². The van der Waals surface area contributed by atoms with Crippen molar-refractivity contribution >= 4 is 15.9 Å². The van der Waals surface area contributed by atoms with Crippen LogP contribution in [0.3, 0.4) is 0 Å². The van der Waals surface area contributed by atoms with E-state index in [0.29, 0.717) is 21.9 Å². The summed E-state index contributed by atoms with van der Waals surface area (Å²) < 4.78 is 57.5.